The first kappa shape index (κ1) is 17.5. The molecule has 0 spiro atoms. The molecule has 0 aromatic heterocycles. The fraction of sp³-hybridized carbons (Fsp3) is 0.263. The molecule has 2 aromatic carbocycles. The summed E-state index contributed by atoms with van der Waals surface area (Å²) in [5.74, 6) is 0.334. The van der Waals surface area contributed by atoms with Gasteiger partial charge in [-0.05, 0) is 29.3 Å². The highest BCUT2D eigenvalue weighted by molar-refractivity contribution is 7.99. The molecule has 0 saturated heterocycles. The summed E-state index contributed by atoms with van der Waals surface area (Å²) in [5.41, 5.74) is 3.13. The van der Waals surface area contributed by atoms with Gasteiger partial charge in [-0.25, -0.2) is 0 Å². The summed E-state index contributed by atoms with van der Waals surface area (Å²) in [7, 11) is 0. The molecule has 1 aliphatic rings. The maximum atomic E-state index is 12.7. The Kier molecular flexibility index (Phi) is 5.65. The van der Waals surface area contributed by atoms with Crippen LogP contribution in [-0.4, -0.2) is 23.3 Å². The maximum absolute atomic E-state index is 12.7. The number of ketones is 2. The van der Waals surface area contributed by atoms with E-state index in [1.807, 2.05) is 18.2 Å². The summed E-state index contributed by atoms with van der Waals surface area (Å²) in [6.07, 6.45) is 1.11. The van der Waals surface area contributed by atoms with Crippen LogP contribution >= 0.6 is 35.0 Å². The van der Waals surface area contributed by atoms with Crippen molar-refractivity contribution in [2.75, 3.05) is 11.8 Å². The minimum absolute atomic E-state index is 0.0697. The Morgan fingerprint density at radius 2 is 1.62 bits per heavy atom. The van der Waals surface area contributed by atoms with Crippen molar-refractivity contribution in [2.45, 2.75) is 29.1 Å². The van der Waals surface area contributed by atoms with Crippen molar-refractivity contribution in [3.63, 3.8) is 0 Å². The fourth-order valence-corrected chi connectivity index (χ4v) is 4.37. The highest BCUT2D eigenvalue weighted by Gasteiger charge is 2.26. The number of halogens is 2. The van der Waals surface area contributed by atoms with Crippen LogP contribution in [0.2, 0.25) is 0 Å². The van der Waals surface area contributed by atoms with E-state index in [9.17, 15) is 9.59 Å². The lowest BCUT2D eigenvalue weighted by molar-refractivity contribution is 0.0955. The van der Waals surface area contributed by atoms with Crippen LogP contribution in [0, 0.1) is 0 Å². The van der Waals surface area contributed by atoms with E-state index >= 15 is 0 Å². The molecular formula is C19H16Cl2O2S. The molecule has 0 saturated carbocycles. The van der Waals surface area contributed by atoms with Gasteiger partial charge in [-0.1, -0.05) is 30.0 Å². The predicted octanol–water partition coefficient (Wildman–Crippen LogP) is 5.37. The first-order chi connectivity index (χ1) is 11.7. The topological polar surface area (TPSA) is 34.1 Å². The van der Waals surface area contributed by atoms with Crippen molar-refractivity contribution in [3.8, 4) is 0 Å². The number of benzene rings is 2. The number of fused-ring (bicyclic) bond motifs is 2. The van der Waals surface area contributed by atoms with Gasteiger partial charge in [0, 0.05) is 51.9 Å². The molecule has 0 aliphatic carbocycles. The van der Waals surface area contributed by atoms with Crippen LogP contribution in [0.1, 0.15) is 44.7 Å². The highest BCUT2D eigenvalue weighted by atomic mass is 35.5. The van der Waals surface area contributed by atoms with Crippen LogP contribution in [0.3, 0.4) is 0 Å². The number of carbonyl (C=O) groups is 2. The molecule has 0 amide bonds. The Hall–Kier alpha value is -1.29. The lowest BCUT2D eigenvalue weighted by atomic mass is 9.89. The Labute approximate surface area is 155 Å². The predicted molar refractivity (Wildman–Crippen MR) is 99.1 cm³/mol. The Balaban J connectivity index is 2.12. The van der Waals surface area contributed by atoms with Crippen molar-refractivity contribution in [3.05, 3.63) is 58.7 Å². The molecule has 1 aliphatic heterocycles. The highest BCUT2D eigenvalue weighted by Crippen LogP contribution is 2.42. The second kappa shape index (κ2) is 7.73. The van der Waals surface area contributed by atoms with Crippen LogP contribution in [-0.2, 0) is 6.42 Å². The van der Waals surface area contributed by atoms with Gasteiger partial charge in [0.05, 0.1) is 0 Å². The first-order valence-electron chi connectivity index (χ1n) is 7.75. The number of hydrogen-bond acceptors (Lipinski definition) is 3. The number of rotatable bonds is 6. The first-order valence-corrected chi connectivity index (χ1v) is 9.64. The zero-order chi connectivity index (χ0) is 17.1. The van der Waals surface area contributed by atoms with Gasteiger partial charge >= 0.3 is 0 Å². The molecule has 24 heavy (non-hydrogen) atoms. The second-order valence-electron chi connectivity index (χ2n) is 5.58. The van der Waals surface area contributed by atoms with Crippen molar-refractivity contribution in [1.29, 1.82) is 0 Å². The zero-order valence-corrected chi connectivity index (χ0v) is 15.3. The molecule has 2 nitrogen and oxygen atoms in total. The summed E-state index contributed by atoms with van der Waals surface area (Å²) in [6.45, 7) is 0. The Morgan fingerprint density at radius 3 is 2.38 bits per heavy atom. The molecule has 5 heteroatoms. The molecule has 0 unspecified atom stereocenters. The van der Waals surface area contributed by atoms with Crippen LogP contribution in [0.4, 0.5) is 0 Å². The van der Waals surface area contributed by atoms with E-state index in [2.05, 4.69) is 12.1 Å². The quantitative estimate of drug-likeness (QED) is 0.427. The Morgan fingerprint density at radius 1 is 0.917 bits per heavy atom. The molecule has 3 rings (SSSR count). The minimum atomic E-state index is -0.0884. The third-order valence-electron chi connectivity index (χ3n) is 4.05. The van der Waals surface area contributed by atoms with Gasteiger partial charge in [0.2, 0.25) is 0 Å². The summed E-state index contributed by atoms with van der Waals surface area (Å²) in [6, 6.07) is 11.8. The Bertz CT molecular complexity index is 802. The van der Waals surface area contributed by atoms with E-state index in [4.69, 9.17) is 23.2 Å². The molecule has 0 bridgehead atoms. The normalized spacial score (nSPS) is 12.4. The van der Waals surface area contributed by atoms with Gasteiger partial charge in [0.15, 0.2) is 11.6 Å². The molecule has 0 radical (unpaired) electrons. The lowest BCUT2D eigenvalue weighted by Gasteiger charge is -2.23. The van der Waals surface area contributed by atoms with E-state index < -0.39 is 0 Å². The van der Waals surface area contributed by atoms with E-state index in [1.54, 1.807) is 17.8 Å². The SMILES string of the molecule is O=C(CCCl)c1ccc2c(c1C(=O)CCCl)Cc1ccccc1S2. The standard InChI is InChI=1S/C19H16Cl2O2S/c20-9-7-15(22)13-5-6-18-14(19(13)16(23)8-10-21)11-12-3-1-2-4-17(12)24-18/h1-6H,7-11H2. The summed E-state index contributed by atoms with van der Waals surface area (Å²) in [4.78, 5) is 27.3. The lowest BCUT2D eigenvalue weighted by Crippen LogP contribution is -2.16. The molecule has 2 aromatic rings. The molecule has 124 valence electrons. The van der Waals surface area contributed by atoms with Crippen LogP contribution < -0.4 is 0 Å². The number of hydrogen-bond donors (Lipinski definition) is 0. The molecular weight excluding hydrogens is 363 g/mol. The number of alkyl halides is 2. The van der Waals surface area contributed by atoms with Gasteiger partial charge in [-0.2, -0.15) is 0 Å². The minimum Gasteiger partial charge on any atom is -0.294 e. The second-order valence-corrected chi connectivity index (χ2v) is 7.42. The molecule has 0 fully saturated rings. The number of carbonyl (C=O) groups excluding carboxylic acids is 2. The third kappa shape index (κ3) is 3.39. The monoisotopic (exact) mass is 378 g/mol. The maximum Gasteiger partial charge on any atom is 0.165 e. The van der Waals surface area contributed by atoms with E-state index in [-0.39, 0.29) is 36.2 Å². The fourth-order valence-electron chi connectivity index (χ4n) is 2.94. The van der Waals surface area contributed by atoms with E-state index in [1.165, 1.54) is 10.5 Å². The van der Waals surface area contributed by atoms with Crippen molar-refractivity contribution >= 4 is 46.5 Å². The van der Waals surface area contributed by atoms with Crippen molar-refractivity contribution < 1.29 is 9.59 Å². The molecule has 0 atom stereocenters. The van der Waals surface area contributed by atoms with Crippen LogP contribution in [0.15, 0.2) is 46.2 Å². The van der Waals surface area contributed by atoms with Gasteiger partial charge in [0.25, 0.3) is 0 Å². The largest absolute Gasteiger partial charge is 0.294 e. The van der Waals surface area contributed by atoms with Gasteiger partial charge in [-0.15, -0.1) is 23.2 Å². The van der Waals surface area contributed by atoms with Crippen LogP contribution in [0.5, 0.6) is 0 Å². The number of Topliss-reactive ketones (excluding diaryl/α,β-unsaturated/α-hetero) is 2. The van der Waals surface area contributed by atoms with Crippen molar-refractivity contribution in [1.82, 2.24) is 0 Å². The summed E-state index contributed by atoms with van der Waals surface area (Å²) in [5, 5.41) is 0. The molecule has 1 heterocycles. The van der Waals surface area contributed by atoms with Crippen LogP contribution in [0.25, 0.3) is 0 Å². The smallest absolute Gasteiger partial charge is 0.165 e. The van der Waals surface area contributed by atoms with Crippen molar-refractivity contribution in [2.24, 2.45) is 0 Å². The average molecular weight is 379 g/mol. The van der Waals surface area contributed by atoms with E-state index in [0.717, 1.165) is 10.5 Å². The summed E-state index contributed by atoms with van der Waals surface area (Å²) >= 11 is 13.1. The van der Waals surface area contributed by atoms with E-state index in [0.29, 0.717) is 17.5 Å². The van der Waals surface area contributed by atoms with Gasteiger partial charge in [0.1, 0.15) is 0 Å². The molecule has 0 N–H and O–H groups in total. The zero-order valence-electron chi connectivity index (χ0n) is 13.0. The summed E-state index contributed by atoms with van der Waals surface area (Å²) < 4.78 is 0. The van der Waals surface area contributed by atoms with Gasteiger partial charge < -0.3 is 0 Å². The third-order valence-corrected chi connectivity index (χ3v) is 5.65. The van der Waals surface area contributed by atoms with Gasteiger partial charge in [-0.3, -0.25) is 9.59 Å². The average Bonchev–Trinajstić information content (AvgIpc) is 2.59.